The lowest BCUT2D eigenvalue weighted by Gasteiger charge is -2.27. The Bertz CT molecular complexity index is 103. The topological polar surface area (TPSA) is 35.5 Å². The molecule has 0 spiro atoms. The maximum Gasteiger partial charge on any atom is 0.0637 e. The van der Waals surface area contributed by atoms with Gasteiger partial charge in [-0.05, 0) is 26.9 Å². The summed E-state index contributed by atoms with van der Waals surface area (Å²) in [6.45, 7) is 11.0. The number of hydrogen-bond donors (Lipinski definition) is 2. The Balaban J connectivity index is 3.61. The molecule has 0 aliphatic carbocycles. The van der Waals surface area contributed by atoms with Crippen molar-refractivity contribution in [1.82, 2.24) is 10.2 Å². The summed E-state index contributed by atoms with van der Waals surface area (Å²) in [4.78, 5) is 2.31. The molecule has 3 nitrogen and oxygen atoms in total. The van der Waals surface area contributed by atoms with E-state index in [1.165, 1.54) is 0 Å². The summed E-state index contributed by atoms with van der Waals surface area (Å²) in [6, 6.07) is 0. The second kappa shape index (κ2) is 6.40. The zero-order chi connectivity index (χ0) is 9.56. The molecule has 0 bridgehead atoms. The van der Waals surface area contributed by atoms with Crippen LogP contribution in [0.3, 0.4) is 0 Å². The monoisotopic (exact) mass is 174 g/mol. The van der Waals surface area contributed by atoms with Crippen molar-refractivity contribution in [2.45, 2.75) is 40.0 Å². The molecule has 74 valence electrons. The first-order valence-corrected chi connectivity index (χ1v) is 4.77. The minimum atomic E-state index is -0.261. The molecule has 2 atom stereocenters. The molecular formula is C9H22N2O. The molecule has 0 saturated carbocycles. The number of nitrogens with one attached hydrogen (secondary N) is 1. The minimum Gasteiger partial charge on any atom is -0.392 e. The molecule has 0 amide bonds. The van der Waals surface area contributed by atoms with Gasteiger partial charge in [0.05, 0.1) is 12.3 Å². The van der Waals surface area contributed by atoms with E-state index in [1.54, 1.807) is 6.92 Å². The number of nitrogens with zero attached hydrogens (tertiary/aromatic N) is 1. The predicted octanol–water partition coefficient (Wildman–Crippen LogP) is 0.645. The second-order valence-electron chi connectivity index (χ2n) is 3.15. The molecule has 0 saturated heterocycles. The van der Waals surface area contributed by atoms with E-state index >= 15 is 0 Å². The van der Waals surface area contributed by atoms with Crippen LogP contribution in [0.4, 0.5) is 0 Å². The molecule has 2 N–H and O–H groups in total. The third kappa shape index (κ3) is 4.70. The highest BCUT2D eigenvalue weighted by atomic mass is 16.3. The number of hydrogen-bond acceptors (Lipinski definition) is 3. The standard InChI is InChI=1S/C9H22N2O/c1-5-11(6-2)9(4)10-7-8(3)12/h8-10,12H,5-7H2,1-4H3. The molecule has 12 heavy (non-hydrogen) atoms. The van der Waals surface area contributed by atoms with Gasteiger partial charge in [-0.25, -0.2) is 0 Å². The SMILES string of the molecule is CCN(CC)C(C)NCC(C)O. The van der Waals surface area contributed by atoms with E-state index in [0.29, 0.717) is 12.7 Å². The predicted molar refractivity (Wildman–Crippen MR) is 52.1 cm³/mol. The van der Waals surface area contributed by atoms with Crippen LogP contribution in [0.5, 0.6) is 0 Å². The maximum atomic E-state index is 9.05. The molecule has 0 heterocycles. The lowest BCUT2D eigenvalue weighted by molar-refractivity contribution is 0.148. The van der Waals surface area contributed by atoms with Crippen LogP contribution in [0.25, 0.3) is 0 Å². The highest BCUT2D eigenvalue weighted by molar-refractivity contribution is 4.63. The minimum absolute atomic E-state index is 0.261. The van der Waals surface area contributed by atoms with Crippen LogP contribution in [-0.2, 0) is 0 Å². The Kier molecular flexibility index (Phi) is 6.34. The molecule has 0 aromatic heterocycles. The van der Waals surface area contributed by atoms with Gasteiger partial charge < -0.3 is 5.11 Å². The summed E-state index contributed by atoms with van der Waals surface area (Å²) in [5, 5.41) is 12.3. The van der Waals surface area contributed by atoms with E-state index in [0.717, 1.165) is 13.1 Å². The Labute approximate surface area is 75.8 Å². The summed E-state index contributed by atoms with van der Waals surface area (Å²) >= 11 is 0. The van der Waals surface area contributed by atoms with Gasteiger partial charge in [0.1, 0.15) is 0 Å². The average molecular weight is 174 g/mol. The zero-order valence-electron chi connectivity index (χ0n) is 8.67. The molecule has 0 rings (SSSR count). The van der Waals surface area contributed by atoms with Crippen LogP contribution in [0, 0.1) is 0 Å². The van der Waals surface area contributed by atoms with Crippen molar-refractivity contribution in [2.24, 2.45) is 0 Å². The highest BCUT2D eigenvalue weighted by Gasteiger charge is 2.08. The fraction of sp³-hybridized carbons (Fsp3) is 1.00. The normalized spacial score (nSPS) is 16.5. The van der Waals surface area contributed by atoms with Crippen molar-refractivity contribution in [3.8, 4) is 0 Å². The lowest BCUT2D eigenvalue weighted by atomic mass is 10.3. The van der Waals surface area contributed by atoms with E-state index in [1.807, 2.05) is 0 Å². The Hall–Kier alpha value is -0.120. The molecule has 0 aliphatic heterocycles. The van der Waals surface area contributed by atoms with Crippen LogP contribution >= 0.6 is 0 Å². The molecule has 0 radical (unpaired) electrons. The average Bonchev–Trinajstić information content (AvgIpc) is 2.03. The first-order chi connectivity index (χ1) is 5.61. The smallest absolute Gasteiger partial charge is 0.0637 e. The van der Waals surface area contributed by atoms with Crippen LogP contribution in [0.1, 0.15) is 27.7 Å². The van der Waals surface area contributed by atoms with E-state index in [9.17, 15) is 0 Å². The molecule has 3 heteroatoms. The van der Waals surface area contributed by atoms with Gasteiger partial charge in [-0.3, -0.25) is 10.2 Å². The third-order valence-electron chi connectivity index (χ3n) is 2.07. The Morgan fingerprint density at radius 3 is 2.08 bits per heavy atom. The van der Waals surface area contributed by atoms with Gasteiger partial charge in [-0.2, -0.15) is 0 Å². The van der Waals surface area contributed by atoms with Crippen LogP contribution in [-0.4, -0.2) is 41.9 Å². The fourth-order valence-electron chi connectivity index (χ4n) is 1.24. The van der Waals surface area contributed by atoms with Gasteiger partial charge in [0.15, 0.2) is 0 Å². The van der Waals surface area contributed by atoms with Crippen molar-refractivity contribution >= 4 is 0 Å². The van der Waals surface area contributed by atoms with Crippen molar-refractivity contribution in [3.05, 3.63) is 0 Å². The summed E-state index contributed by atoms with van der Waals surface area (Å²) in [7, 11) is 0. The fourth-order valence-corrected chi connectivity index (χ4v) is 1.24. The summed E-state index contributed by atoms with van der Waals surface area (Å²) in [5.74, 6) is 0. The largest absolute Gasteiger partial charge is 0.392 e. The second-order valence-corrected chi connectivity index (χ2v) is 3.15. The summed E-state index contributed by atoms with van der Waals surface area (Å²) < 4.78 is 0. The maximum absolute atomic E-state index is 9.05. The van der Waals surface area contributed by atoms with Gasteiger partial charge in [-0.1, -0.05) is 13.8 Å². The van der Waals surface area contributed by atoms with Gasteiger partial charge in [0, 0.05) is 6.54 Å². The lowest BCUT2D eigenvalue weighted by Crippen LogP contribution is -2.45. The zero-order valence-corrected chi connectivity index (χ0v) is 8.67. The highest BCUT2D eigenvalue weighted by Crippen LogP contribution is 1.93. The first-order valence-electron chi connectivity index (χ1n) is 4.77. The molecule has 0 aliphatic rings. The van der Waals surface area contributed by atoms with Crippen LogP contribution < -0.4 is 5.32 Å². The molecule has 0 aromatic carbocycles. The van der Waals surface area contributed by atoms with E-state index in [4.69, 9.17) is 5.11 Å². The van der Waals surface area contributed by atoms with E-state index < -0.39 is 0 Å². The summed E-state index contributed by atoms with van der Waals surface area (Å²) in [5.41, 5.74) is 0. The van der Waals surface area contributed by atoms with E-state index in [2.05, 4.69) is 31.0 Å². The molecule has 0 aromatic rings. The molecule has 2 unspecified atom stereocenters. The van der Waals surface area contributed by atoms with Crippen molar-refractivity contribution in [3.63, 3.8) is 0 Å². The van der Waals surface area contributed by atoms with Crippen LogP contribution in [0.15, 0.2) is 0 Å². The van der Waals surface area contributed by atoms with Gasteiger partial charge in [-0.15, -0.1) is 0 Å². The van der Waals surface area contributed by atoms with Crippen molar-refractivity contribution in [2.75, 3.05) is 19.6 Å². The van der Waals surface area contributed by atoms with Gasteiger partial charge >= 0.3 is 0 Å². The first kappa shape index (κ1) is 11.9. The van der Waals surface area contributed by atoms with Crippen molar-refractivity contribution < 1.29 is 5.11 Å². The third-order valence-corrected chi connectivity index (χ3v) is 2.07. The van der Waals surface area contributed by atoms with Crippen LogP contribution in [0.2, 0.25) is 0 Å². The van der Waals surface area contributed by atoms with Gasteiger partial charge in [0.25, 0.3) is 0 Å². The van der Waals surface area contributed by atoms with Gasteiger partial charge in [0.2, 0.25) is 0 Å². The molecular weight excluding hydrogens is 152 g/mol. The number of aliphatic hydroxyl groups excluding tert-OH is 1. The molecule has 0 fully saturated rings. The van der Waals surface area contributed by atoms with Crippen molar-refractivity contribution in [1.29, 1.82) is 0 Å². The number of rotatable bonds is 6. The number of aliphatic hydroxyl groups is 1. The quantitative estimate of drug-likeness (QED) is 0.580. The Morgan fingerprint density at radius 1 is 1.25 bits per heavy atom. The van der Waals surface area contributed by atoms with E-state index in [-0.39, 0.29) is 6.10 Å². The Morgan fingerprint density at radius 2 is 1.75 bits per heavy atom. The summed E-state index contributed by atoms with van der Waals surface area (Å²) in [6.07, 6.45) is 0.0950.